The Bertz CT molecular complexity index is 540. The van der Waals surface area contributed by atoms with Crippen molar-refractivity contribution in [3.8, 4) is 0 Å². The Morgan fingerprint density at radius 1 is 1.30 bits per heavy atom. The monoisotopic (exact) mass is 275 g/mol. The number of nitrogens with one attached hydrogen (secondary N) is 1. The van der Waals surface area contributed by atoms with Gasteiger partial charge < -0.3 is 9.88 Å². The molecule has 0 aliphatic heterocycles. The van der Waals surface area contributed by atoms with Gasteiger partial charge in [0.1, 0.15) is 11.9 Å². The second-order valence-electron chi connectivity index (χ2n) is 4.93. The van der Waals surface area contributed by atoms with Gasteiger partial charge in [-0.2, -0.15) is 5.10 Å². The molecule has 110 valence electrons. The van der Waals surface area contributed by atoms with Crippen LogP contribution < -0.4 is 5.32 Å². The van der Waals surface area contributed by atoms with E-state index in [0.717, 1.165) is 37.4 Å². The molecule has 2 heterocycles. The van der Waals surface area contributed by atoms with Gasteiger partial charge in [0.25, 0.3) is 0 Å². The van der Waals surface area contributed by atoms with Gasteiger partial charge in [0.15, 0.2) is 0 Å². The van der Waals surface area contributed by atoms with Crippen LogP contribution in [0.15, 0.2) is 18.5 Å². The summed E-state index contributed by atoms with van der Waals surface area (Å²) < 4.78 is 4.30. The van der Waals surface area contributed by atoms with E-state index in [1.54, 1.807) is 0 Å². The quantitative estimate of drug-likeness (QED) is 0.844. The highest BCUT2D eigenvalue weighted by Gasteiger charge is 2.21. The number of hydrogen-bond acceptors (Lipinski definition) is 3. The lowest BCUT2D eigenvalue weighted by molar-refractivity contribution is 0.516. The standard InChI is InChI=1S/C15H25N5/c1-5-9-19-10-8-17-15(19)14(16-4)13-11-12(6-2)18-20(13)7-3/h8,10-11,14,16H,5-7,9H2,1-4H3. The molecule has 5 nitrogen and oxygen atoms in total. The highest BCUT2D eigenvalue weighted by Crippen LogP contribution is 2.22. The van der Waals surface area contributed by atoms with Gasteiger partial charge in [0.2, 0.25) is 0 Å². The van der Waals surface area contributed by atoms with Crippen LogP contribution in [-0.4, -0.2) is 26.4 Å². The largest absolute Gasteiger partial charge is 0.333 e. The van der Waals surface area contributed by atoms with Crippen molar-refractivity contribution in [1.82, 2.24) is 24.6 Å². The highest BCUT2D eigenvalue weighted by molar-refractivity contribution is 5.21. The molecule has 2 aromatic heterocycles. The van der Waals surface area contributed by atoms with Crippen molar-refractivity contribution in [2.75, 3.05) is 7.05 Å². The minimum atomic E-state index is 0.0873. The molecular formula is C15H25N5. The second kappa shape index (κ2) is 6.70. The first kappa shape index (κ1) is 14.8. The van der Waals surface area contributed by atoms with Gasteiger partial charge >= 0.3 is 0 Å². The minimum Gasteiger partial charge on any atom is -0.333 e. The van der Waals surface area contributed by atoms with E-state index in [4.69, 9.17) is 0 Å². The van der Waals surface area contributed by atoms with Crippen molar-refractivity contribution in [1.29, 1.82) is 0 Å². The molecule has 0 spiro atoms. The molecule has 0 aromatic carbocycles. The molecule has 0 saturated heterocycles. The average molecular weight is 275 g/mol. The van der Waals surface area contributed by atoms with E-state index >= 15 is 0 Å². The van der Waals surface area contributed by atoms with Gasteiger partial charge in [-0.25, -0.2) is 4.98 Å². The molecule has 0 amide bonds. The van der Waals surface area contributed by atoms with E-state index in [2.05, 4.69) is 57.7 Å². The zero-order chi connectivity index (χ0) is 14.5. The molecule has 1 atom stereocenters. The van der Waals surface area contributed by atoms with Crippen molar-refractivity contribution in [2.45, 2.75) is 52.7 Å². The fourth-order valence-electron chi connectivity index (χ4n) is 2.57. The molecule has 0 fully saturated rings. The number of nitrogens with zero attached hydrogens (tertiary/aromatic N) is 4. The summed E-state index contributed by atoms with van der Waals surface area (Å²) in [5, 5.41) is 8.03. The number of aromatic nitrogens is 4. The summed E-state index contributed by atoms with van der Waals surface area (Å²) in [7, 11) is 1.98. The minimum absolute atomic E-state index is 0.0873. The molecular weight excluding hydrogens is 250 g/mol. The van der Waals surface area contributed by atoms with Crippen LogP contribution in [0.5, 0.6) is 0 Å². The third-order valence-corrected chi connectivity index (χ3v) is 3.58. The molecule has 0 saturated carbocycles. The zero-order valence-corrected chi connectivity index (χ0v) is 12.9. The molecule has 1 unspecified atom stereocenters. The Labute approximate surface area is 121 Å². The van der Waals surface area contributed by atoms with Crippen molar-refractivity contribution in [3.63, 3.8) is 0 Å². The lowest BCUT2D eigenvalue weighted by Crippen LogP contribution is -2.24. The van der Waals surface area contributed by atoms with E-state index < -0.39 is 0 Å². The third kappa shape index (κ3) is 2.77. The van der Waals surface area contributed by atoms with Crippen LogP contribution in [0.25, 0.3) is 0 Å². The summed E-state index contributed by atoms with van der Waals surface area (Å²) in [5.41, 5.74) is 2.33. The van der Waals surface area contributed by atoms with Crippen LogP contribution in [0.2, 0.25) is 0 Å². The summed E-state index contributed by atoms with van der Waals surface area (Å²) in [6.07, 6.45) is 5.99. The van der Waals surface area contributed by atoms with Crippen molar-refractivity contribution < 1.29 is 0 Å². The van der Waals surface area contributed by atoms with Gasteiger partial charge in [-0.05, 0) is 32.9 Å². The third-order valence-electron chi connectivity index (χ3n) is 3.58. The van der Waals surface area contributed by atoms with Crippen molar-refractivity contribution in [3.05, 3.63) is 35.7 Å². The van der Waals surface area contributed by atoms with E-state index in [0.29, 0.717) is 0 Å². The Balaban J connectivity index is 2.41. The lowest BCUT2D eigenvalue weighted by Gasteiger charge is -2.18. The zero-order valence-electron chi connectivity index (χ0n) is 12.9. The summed E-state index contributed by atoms with van der Waals surface area (Å²) in [6, 6.07) is 2.28. The maximum atomic E-state index is 4.64. The first-order valence-electron chi connectivity index (χ1n) is 7.49. The SMILES string of the molecule is CCCn1ccnc1C(NC)c1cc(CC)nn1CC. The van der Waals surface area contributed by atoms with Crippen molar-refractivity contribution >= 4 is 0 Å². The van der Waals surface area contributed by atoms with Gasteiger partial charge in [-0.1, -0.05) is 13.8 Å². The Hall–Kier alpha value is -1.62. The van der Waals surface area contributed by atoms with Crippen molar-refractivity contribution in [2.24, 2.45) is 0 Å². The van der Waals surface area contributed by atoms with Gasteiger partial charge in [-0.15, -0.1) is 0 Å². The predicted octanol–water partition coefficient (Wildman–Crippen LogP) is 2.38. The highest BCUT2D eigenvalue weighted by atomic mass is 15.3. The molecule has 0 bridgehead atoms. The Kier molecular flexibility index (Phi) is 4.95. The number of rotatable bonds is 7. The van der Waals surface area contributed by atoms with Gasteiger partial charge in [0.05, 0.1) is 11.4 Å². The van der Waals surface area contributed by atoms with Crippen LogP contribution in [0.3, 0.4) is 0 Å². The maximum absolute atomic E-state index is 4.64. The topological polar surface area (TPSA) is 47.7 Å². The predicted molar refractivity (Wildman–Crippen MR) is 80.7 cm³/mol. The summed E-state index contributed by atoms with van der Waals surface area (Å²) in [5.74, 6) is 1.06. The molecule has 2 aromatic rings. The number of aryl methyl sites for hydroxylation is 3. The smallest absolute Gasteiger partial charge is 0.132 e. The fourth-order valence-corrected chi connectivity index (χ4v) is 2.57. The van der Waals surface area contributed by atoms with Crippen LogP contribution in [-0.2, 0) is 19.5 Å². The lowest BCUT2D eigenvalue weighted by atomic mass is 10.1. The molecule has 0 aliphatic rings. The average Bonchev–Trinajstić information content (AvgIpc) is 3.08. The Morgan fingerprint density at radius 3 is 2.70 bits per heavy atom. The molecule has 0 radical (unpaired) electrons. The number of hydrogen-bond donors (Lipinski definition) is 1. The van der Waals surface area contributed by atoms with E-state index in [1.165, 1.54) is 5.69 Å². The normalized spacial score (nSPS) is 12.8. The van der Waals surface area contributed by atoms with E-state index in [9.17, 15) is 0 Å². The first-order chi connectivity index (χ1) is 9.74. The molecule has 20 heavy (non-hydrogen) atoms. The van der Waals surface area contributed by atoms with Crippen LogP contribution in [0, 0.1) is 0 Å². The first-order valence-corrected chi connectivity index (χ1v) is 7.49. The number of imidazole rings is 1. The van der Waals surface area contributed by atoms with E-state index in [-0.39, 0.29) is 6.04 Å². The molecule has 1 N–H and O–H groups in total. The summed E-state index contributed by atoms with van der Waals surface area (Å²) in [4.78, 5) is 4.55. The van der Waals surface area contributed by atoms with Crippen LogP contribution in [0.4, 0.5) is 0 Å². The second-order valence-corrected chi connectivity index (χ2v) is 4.93. The summed E-state index contributed by atoms with van der Waals surface area (Å²) >= 11 is 0. The molecule has 5 heteroatoms. The Morgan fingerprint density at radius 2 is 2.10 bits per heavy atom. The molecule has 2 rings (SSSR count). The van der Waals surface area contributed by atoms with Crippen LogP contribution in [0.1, 0.15) is 50.4 Å². The summed E-state index contributed by atoms with van der Waals surface area (Å²) in [6.45, 7) is 8.32. The van der Waals surface area contributed by atoms with Gasteiger partial charge in [-0.3, -0.25) is 4.68 Å². The maximum Gasteiger partial charge on any atom is 0.132 e. The van der Waals surface area contributed by atoms with Gasteiger partial charge in [0, 0.05) is 25.5 Å². The molecule has 0 aliphatic carbocycles. The van der Waals surface area contributed by atoms with Crippen LogP contribution >= 0.6 is 0 Å². The fraction of sp³-hybridized carbons (Fsp3) is 0.600. The van der Waals surface area contributed by atoms with E-state index in [1.807, 2.05) is 13.2 Å².